The Bertz CT molecular complexity index is 937. The van der Waals surface area contributed by atoms with Crippen molar-refractivity contribution in [3.05, 3.63) is 50.1 Å². The molecular formula is C12H10ClN5O2. The smallest absolute Gasteiger partial charge is 0.279 e. The SMILES string of the molecule is Cn1c(=O)c2nnn(-c3cccc(Cl)c3)c2n(C)c1=O. The third-order valence-electron chi connectivity index (χ3n) is 3.10. The van der Waals surface area contributed by atoms with Gasteiger partial charge in [-0.25, -0.2) is 4.79 Å². The molecule has 102 valence electrons. The molecule has 0 N–H and O–H groups in total. The molecule has 3 aromatic rings. The first kappa shape index (κ1) is 12.6. The molecule has 0 aliphatic heterocycles. The molecule has 0 unspecified atom stereocenters. The lowest BCUT2D eigenvalue weighted by atomic mass is 10.3. The average molecular weight is 292 g/mol. The Morgan fingerprint density at radius 2 is 1.90 bits per heavy atom. The molecule has 3 rings (SSSR count). The van der Waals surface area contributed by atoms with Gasteiger partial charge in [0.2, 0.25) is 0 Å². The van der Waals surface area contributed by atoms with Gasteiger partial charge < -0.3 is 0 Å². The molecule has 0 saturated heterocycles. The predicted octanol–water partition coefficient (Wildman–Crippen LogP) is 0.471. The number of fused-ring (bicyclic) bond motifs is 1. The molecule has 0 fully saturated rings. The minimum atomic E-state index is -0.476. The molecule has 0 amide bonds. The van der Waals surface area contributed by atoms with E-state index in [0.29, 0.717) is 16.4 Å². The van der Waals surface area contributed by atoms with Crippen LogP contribution in [0.2, 0.25) is 5.02 Å². The van der Waals surface area contributed by atoms with Crippen molar-refractivity contribution in [2.75, 3.05) is 0 Å². The summed E-state index contributed by atoms with van der Waals surface area (Å²) in [7, 11) is 2.97. The number of benzene rings is 1. The van der Waals surface area contributed by atoms with E-state index in [1.165, 1.54) is 16.3 Å². The number of rotatable bonds is 1. The zero-order valence-electron chi connectivity index (χ0n) is 10.7. The van der Waals surface area contributed by atoms with Crippen molar-refractivity contribution in [2.24, 2.45) is 14.1 Å². The highest BCUT2D eigenvalue weighted by Crippen LogP contribution is 2.16. The Kier molecular flexibility index (Phi) is 2.72. The summed E-state index contributed by atoms with van der Waals surface area (Å²) in [5.41, 5.74) is 0.183. The van der Waals surface area contributed by atoms with E-state index in [2.05, 4.69) is 10.3 Å². The van der Waals surface area contributed by atoms with E-state index in [9.17, 15) is 9.59 Å². The van der Waals surface area contributed by atoms with Crippen molar-refractivity contribution in [3.8, 4) is 5.69 Å². The molecule has 8 heteroatoms. The van der Waals surface area contributed by atoms with Crippen molar-refractivity contribution < 1.29 is 0 Å². The van der Waals surface area contributed by atoms with E-state index in [4.69, 9.17) is 11.6 Å². The zero-order chi connectivity index (χ0) is 14.4. The normalized spacial score (nSPS) is 11.2. The van der Waals surface area contributed by atoms with E-state index in [1.807, 2.05) is 0 Å². The molecule has 0 spiro atoms. The Labute approximate surface area is 117 Å². The lowest BCUT2D eigenvalue weighted by Gasteiger charge is -2.06. The van der Waals surface area contributed by atoms with E-state index in [-0.39, 0.29) is 5.52 Å². The van der Waals surface area contributed by atoms with Gasteiger partial charge in [-0.05, 0) is 18.2 Å². The van der Waals surface area contributed by atoms with Gasteiger partial charge in [-0.2, -0.15) is 4.68 Å². The molecule has 1 aromatic carbocycles. The molecule has 0 radical (unpaired) electrons. The molecule has 0 bridgehead atoms. The third kappa shape index (κ3) is 1.67. The number of aromatic nitrogens is 5. The topological polar surface area (TPSA) is 74.7 Å². The van der Waals surface area contributed by atoms with Crippen LogP contribution in [-0.4, -0.2) is 24.1 Å². The fourth-order valence-electron chi connectivity index (χ4n) is 2.06. The molecule has 0 aliphatic rings. The Hall–Kier alpha value is -2.41. The van der Waals surface area contributed by atoms with Gasteiger partial charge in [0.1, 0.15) is 0 Å². The largest absolute Gasteiger partial charge is 0.332 e. The summed E-state index contributed by atoms with van der Waals surface area (Å²) >= 11 is 5.94. The van der Waals surface area contributed by atoms with Crippen molar-refractivity contribution >= 4 is 22.8 Å². The van der Waals surface area contributed by atoms with Gasteiger partial charge in [-0.3, -0.25) is 13.9 Å². The summed E-state index contributed by atoms with van der Waals surface area (Å²) in [6, 6.07) is 6.92. The standard InChI is InChI=1S/C12H10ClN5O2/c1-16-10-9(11(19)17(2)12(16)20)14-15-18(10)8-5-3-4-7(13)6-8/h3-6H,1-2H3. The molecular weight excluding hydrogens is 282 g/mol. The van der Waals surface area contributed by atoms with E-state index >= 15 is 0 Å². The van der Waals surface area contributed by atoms with Gasteiger partial charge >= 0.3 is 5.69 Å². The highest BCUT2D eigenvalue weighted by Gasteiger charge is 2.16. The minimum Gasteiger partial charge on any atom is -0.279 e. The molecule has 2 aromatic heterocycles. The summed E-state index contributed by atoms with van der Waals surface area (Å²) in [5, 5.41) is 8.34. The Morgan fingerprint density at radius 1 is 1.15 bits per heavy atom. The first-order valence-electron chi connectivity index (χ1n) is 5.78. The second kappa shape index (κ2) is 4.31. The van der Waals surface area contributed by atoms with Crippen molar-refractivity contribution in [3.63, 3.8) is 0 Å². The van der Waals surface area contributed by atoms with Crippen molar-refractivity contribution in [2.45, 2.75) is 0 Å². The third-order valence-corrected chi connectivity index (χ3v) is 3.33. The fraction of sp³-hybridized carbons (Fsp3) is 0.167. The molecule has 7 nitrogen and oxygen atoms in total. The van der Waals surface area contributed by atoms with Crippen LogP contribution in [0.5, 0.6) is 0 Å². The van der Waals surface area contributed by atoms with Crippen LogP contribution in [0, 0.1) is 0 Å². The van der Waals surface area contributed by atoms with Crippen LogP contribution in [0.4, 0.5) is 0 Å². The summed E-state index contributed by atoms with van der Waals surface area (Å²) in [4.78, 5) is 24.0. The fourth-order valence-corrected chi connectivity index (χ4v) is 2.24. The van der Waals surface area contributed by atoms with Gasteiger partial charge in [0.25, 0.3) is 5.56 Å². The van der Waals surface area contributed by atoms with Crippen LogP contribution in [0.15, 0.2) is 33.9 Å². The van der Waals surface area contributed by atoms with Gasteiger partial charge in [0, 0.05) is 19.1 Å². The van der Waals surface area contributed by atoms with Crippen LogP contribution < -0.4 is 11.2 Å². The molecule has 2 heterocycles. The van der Waals surface area contributed by atoms with Crippen LogP contribution in [0.1, 0.15) is 0 Å². The number of hydrogen-bond donors (Lipinski definition) is 0. The first-order valence-corrected chi connectivity index (χ1v) is 6.16. The predicted molar refractivity (Wildman–Crippen MR) is 74.4 cm³/mol. The second-order valence-corrected chi connectivity index (χ2v) is 4.80. The van der Waals surface area contributed by atoms with Crippen LogP contribution in [0.25, 0.3) is 16.9 Å². The maximum atomic E-state index is 12.0. The van der Waals surface area contributed by atoms with Gasteiger partial charge in [0.05, 0.1) is 5.69 Å². The van der Waals surface area contributed by atoms with Gasteiger partial charge in [-0.15, -0.1) is 5.10 Å². The lowest BCUT2D eigenvalue weighted by molar-refractivity contribution is 0.698. The van der Waals surface area contributed by atoms with Crippen LogP contribution in [0.3, 0.4) is 0 Å². The van der Waals surface area contributed by atoms with Gasteiger partial charge in [0.15, 0.2) is 11.2 Å². The van der Waals surface area contributed by atoms with E-state index in [1.54, 1.807) is 31.3 Å². The number of halogens is 1. The number of nitrogens with zero attached hydrogens (tertiary/aromatic N) is 5. The lowest BCUT2D eigenvalue weighted by Crippen LogP contribution is -2.37. The van der Waals surface area contributed by atoms with E-state index < -0.39 is 11.2 Å². The Balaban J connectivity index is 2.46. The second-order valence-electron chi connectivity index (χ2n) is 4.36. The van der Waals surface area contributed by atoms with Crippen LogP contribution >= 0.6 is 11.6 Å². The highest BCUT2D eigenvalue weighted by molar-refractivity contribution is 6.30. The number of aryl methyl sites for hydroxylation is 1. The summed E-state index contributed by atoms with van der Waals surface area (Å²) in [6.07, 6.45) is 0. The van der Waals surface area contributed by atoms with Crippen molar-refractivity contribution in [1.82, 2.24) is 24.1 Å². The summed E-state index contributed by atoms with van der Waals surface area (Å²) in [6.45, 7) is 0. The monoisotopic (exact) mass is 291 g/mol. The maximum Gasteiger partial charge on any atom is 0.332 e. The first-order chi connectivity index (χ1) is 9.50. The maximum absolute atomic E-state index is 12.0. The minimum absolute atomic E-state index is 0.134. The summed E-state index contributed by atoms with van der Waals surface area (Å²) < 4.78 is 3.75. The van der Waals surface area contributed by atoms with Crippen LogP contribution in [-0.2, 0) is 14.1 Å². The van der Waals surface area contributed by atoms with Crippen molar-refractivity contribution in [1.29, 1.82) is 0 Å². The molecule has 20 heavy (non-hydrogen) atoms. The van der Waals surface area contributed by atoms with E-state index in [0.717, 1.165) is 4.57 Å². The molecule has 0 saturated carbocycles. The molecule has 0 atom stereocenters. The highest BCUT2D eigenvalue weighted by atomic mass is 35.5. The zero-order valence-corrected chi connectivity index (χ0v) is 11.5. The summed E-state index contributed by atoms with van der Waals surface area (Å²) in [5.74, 6) is 0. The number of hydrogen-bond acceptors (Lipinski definition) is 4. The van der Waals surface area contributed by atoms with Gasteiger partial charge in [-0.1, -0.05) is 22.9 Å². The Morgan fingerprint density at radius 3 is 2.60 bits per heavy atom. The molecule has 0 aliphatic carbocycles. The quantitative estimate of drug-likeness (QED) is 0.653. The average Bonchev–Trinajstić information content (AvgIpc) is 2.87.